The third-order valence-corrected chi connectivity index (χ3v) is 1.35. The van der Waals surface area contributed by atoms with Crippen LogP contribution in [0.2, 0.25) is 0 Å². The monoisotopic (exact) mass is 163 g/mol. The van der Waals surface area contributed by atoms with Gasteiger partial charge in [0.25, 0.3) is 0 Å². The van der Waals surface area contributed by atoms with Crippen LogP contribution in [0.1, 0.15) is 5.56 Å². The van der Waals surface area contributed by atoms with Gasteiger partial charge in [0, 0.05) is 0 Å². The van der Waals surface area contributed by atoms with E-state index >= 15 is 0 Å². The Morgan fingerprint density at radius 2 is 1.67 bits per heavy atom. The van der Waals surface area contributed by atoms with Crippen LogP contribution >= 0.6 is 0 Å². The number of benzene rings is 1. The summed E-state index contributed by atoms with van der Waals surface area (Å²) < 4.78 is 0.606. The Hall–Kier alpha value is -1.15. The highest BCUT2D eigenvalue weighted by molar-refractivity contribution is 5.78. The molecule has 1 aromatic carbocycles. The van der Waals surface area contributed by atoms with Gasteiger partial charge in [0.05, 0.1) is 27.4 Å². The number of rotatable bonds is 2. The van der Waals surface area contributed by atoms with Crippen LogP contribution < -0.4 is 0 Å². The summed E-state index contributed by atoms with van der Waals surface area (Å²) in [6, 6.07) is 10.1. The summed E-state index contributed by atoms with van der Waals surface area (Å²) in [7, 11) is 6.08. The van der Waals surface area contributed by atoms with E-state index in [1.807, 2.05) is 57.7 Å². The van der Waals surface area contributed by atoms with Crippen molar-refractivity contribution in [1.82, 2.24) is 0 Å². The zero-order valence-electron chi connectivity index (χ0n) is 7.86. The van der Waals surface area contributed by atoms with E-state index in [2.05, 4.69) is 5.10 Å². The Kier molecular flexibility index (Phi) is 2.61. The summed E-state index contributed by atoms with van der Waals surface area (Å²) in [5.74, 6) is 0. The van der Waals surface area contributed by atoms with E-state index in [0.717, 1.165) is 5.56 Å². The topological polar surface area (TPSA) is 12.4 Å². The summed E-state index contributed by atoms with van der Waals surface area (Å²) >= 11 is 0. The average Bonchev–Trinajstić information content (AvgIpc) is 2.02. The van der Waals surface area contributed by atoms with Gasteiger partial charge in [0.1, 0.15) is 0 Å². The molecule has 0 radical (unpaired) electrons. The van der Waals surface area contributed by atoms with Gasteiger partial charge in [-0.15, -0.1) is 0 Å². The Balaban J connectivity index is 2.71. The van der Waals surface area contributed by atoms with Crippen LogP contribution in [0.4, 0.5) is 0 Å². The Bertz CT molecular complexity index is 257. The van der Waals surface area contributed by atoms with Crippen LogP contribution in [0.15, 0.2) is 35.4 Å². The molecule has 0 bridgehead atoms. The van der Waals surface area contributed by atoms with Crippen molar-refractivity contribution in [3.63, 3.8) is 0 Å². The molecule has 0 aliphatic carbocycles. The van der Waals surface area contributed by atoms with E-state index in [1.165, 1.54) is 0 Å². The second-order valence-corrected chi connectivity index (χ2v) is 3.60. The average molecular weight is 163 g/mol. The molecule has 0 saturated carbocycles. The Labute approximate surface area is 73.7 Å². The molecule has 2 heteroatoms. The lowest BCUT2D eigenvalue weighted by atomic mass is 10.2. The maximum Gasteiger partial charge on any atom is 0.0923 e. The summed E-state index contributed by atoms with van der Waals surface area (Å²) in [5.41, 5.74) is 1.14. The van der Waals surface area contributed by atoms with Crippen molar-refractivity contribution in [3.8, 4) is 0 Å². The molecule has 1 rings (SSSR count). The minimum absolute atomic E-state index is 0.606. The fourth-order valence-electron chi connectivity index (χ4n) is 0.779. The molecule has 12 heavy (non-hydrogen) atoms. The lowest BCUT2D eigenvalue weighted by molar-refractivity contribution is -0.876. The van der Waals surface area contributed by atoms with Gasteiger partial charge in [-0.25, -0.2) is 4.59 Å². The van der Waals surface area contributed by atoms with Gasteiger partial charge in [-0.2, -0.15) is 0 Å². The number of quaternary nitrogens is 1. The molecule has 0 saturated heterocycles. The Morgan fingerprint density at radius 1 is 1.08 bits per heavy atom. The van der Waals surface area contributed by atoms with Gasteiger partial charge in [0.15, 0.2) is 0 Å². The number of nitrogens with zero attached hydrogens (tertiary/aromatic N) is 2. The van der Waals surface area contributed by atoms with Crippen LogP contribution in [-0.4, -0.2) is 31.9 Å². The van der Waals surface area contributed by atoms with E-state index in [9.17, 15) is 0 Å². The molecule has 0 spiro atoms. The number of hydrogen-bond acceptors (Lipinski definition) is 1. The van der Waals surface area contributed by atoms with Crippen molar-refractivity contribution in [1.29, 1.82) is 0 Å². The van der Waals surface area contributed by atoms with Gasteiger partial charge in [-0.1, -0.05) is 35.4 Å². The van der Waals surface area contributed by atoms with Crippen molar-refractivity contribution in [2.24, 2.45) is 5.10 Å². The maximum atomic E-state index is 4.34. The smallest absolute Gasteiger partial charge is 0.0923 e. The minimum Gasteiger partial charge on any atom is -0.205 e. The molecular weight excluding hydrogens is 148 g/mol. The molecule has 1 aromatic rings. The summed E-state index contributed by atoms with van der Waals surface area (Å²) in [4.78, 5) is 0. The van der Waals surface area contributed by atoms with Crippen molar-refractivity contribution in [2.45, 2.75) is 0 Å². The van der Waals surface area contributed by atoms with Gasteiger partial charge in [0.2, 0.25) is 0 Å². The molecule has 0 fully saturated rings. The van der Waals surface area contributed by atoms with Crippen molar-refractivity contribution >= 4 is 6.21 Å². The zero-order chi connectivity index (χ0) is 9.03. The predicted molar refractivity (Wildman–Crippen MR) is 52.1 cm³/mol. The quantitative estimate of drug-likeness (QED) is 0.357. The van der Waals surface area contributed by atoms with Gasteiger partial charge in [-0.05, 0) is 5.56 Å². The van der Waals surface area contributed by atoms with Gasteiger partial charge >= 0.3 is 0 Å². The van der Waals surface area contributed by atoms with Crippen LogP contribution in [-0.2, 0) is 0 Å². The second kappa shape index (κ2) is 3.50. The predicted octanol–water partition coefficient (Wildman–Crippen LogP) is 1.73. The highest BCUT2D eigenvalue weighted by Crippen LogP contribution is 1.96. The van der Waals surface area contributed by atoms with Gasteiger partial charge < -0.3 is 0 Å². The molecule has 0 amide bonds. The van der Waals surface area contributed by atoms with Crippen LogP contribution in [0.25, 0.3) is 0 Å². The lowest BCUT2D eigenvalue weighted by Gasteiger charge is -2.14. The molecule has 64 valence electrons. The minimum atomic E-state index is 0.606. The van der Waals surface area contributed by atoms with E-state index in [4.69, 9.17) is 0 Å². The van der Waals surface area contributed by atoms with E-state index in [1.54, 1.807) is 0 Å². The first kappa shape index (κ1) is 8.94. The molecule has 0 atom stereocenters. The summed E-state index contributed by atoms with van der Waals surface area (Å²) in [6.45, 7) is 0. The molecular formula is C10H15N2+. The molecule has 0 N–H and O–H groups in total. The van der Waals surface area contributed by atoms with Gasteiger partial charge in [-0.3, -0.25) is 0 Å². The van der Waals surface area contributed by atoms with Crippen LogP contribution in [0, 0.1) is 0 Å². The highest BCUT2D eigenvalue weighted by atomic mass is 15.6. The molecule has 0 aliphatic rings. The lowest BCUT2D eigenvalue weighted by Crippen LogP contribution is -2.27. The second-order valence-electron chi connectivity index (χ2n) is 3.60. The highest BCUT2D eigenvalue weighted by Gasteiger charge is 2.00. The van der Waals surface area contributed by atoms with E-state index in [-0.39, 0.29) is 0 Å². The maximum absolute atomic E-state index is 4.34. The molecule has 0 aliphatic heterocycles. The van der Waals surface area contributed by atoms with Crippen molar-refractivity contribution < 1.29 is 4.59 Å². The largest absolute Gasteiger partial charge is 0.205 e. The normalized spacial score (nSPS) is 12.2. The van der Waals surface area contributed by atoms with Crippen LogP contribution in [0.5, 0.6) is 0 Å². The standard InChI is InChI=1S/C10H15N2/c1-12(2,3)11-9-10-7-5-4-6-8-10/h4-9H,1-3H3/q+1/b11-9+. The molecule has 0 aromatic heterocycles. The van der Waals surface area contributed by atoms with E-state index in [0.29, 0.717) is 4.59 Å². The molecule has 0 unspecified atom stereocenters. The molecule has 2 nitrogen and oxygen atoms in total. The van der Waals surface area contributed by atoms with E-state index < -0.39 is 0 Å². The van der Waals surface area contributed by atoms with Crippen LogP contribution in [0.3, 0.4) is 0 Å². The zero-order valence-corrected chi connectivity index (χ0v) is 7.86. The summed E-state index contributed by atoms with van der Waals surface area (Å²) in [5, 5.41) is 4.34. The van der Waals surface area contributed by atoms with Crippen molar-refractivity contribution in [3.05, 3.63) is 35.9 Å². The van der Waals surface area contributed by atoms with Crippen molar-refractivity contribution in [2.75, 3.05) is 21.1 Å². The SMILES string of the molecule is C[N+](C)(C)/N=C/c1ccccc1. The number of hydrogen-bond donors (Lipinski definition) is 0. The third kappa shape index (κ3) is 3.30. The first-order chi connectivity index (χ1) is 5.58. The fourth-order valence-corrected chi connectivity index (χ4v) is 0.779. The Morgan fingerprint density at radius 3 is 2.17 bits per heavy atom. The molecule has 0 heterocycles. The first-order valence-electron chi connectivity index (χ1n) is 4.00. The fraction of sp³-hybridized carbons (Fsp3) is 0.300. The third-order valence-electron chi connectivity index (χ3n) is 1.35. The summed E-state index contributed by atoms with van der Waals surface area (Å²) in [6.07, 6.45) is 1.89. The first-order valence-corrected chi connectivity index (χ1v) is 4.00.